The smallest absolute Gasteiger partial charge is 0.326 e. The summed E-state index contributed by atoms with van der Waals surface area (Å²) in [5.41, 5.74) is 6.04. The van der Waals surface area contributed by atoms with Crippen molar-refractivity contribution in [1.29, 1.82) is 0 Å². The quantitative estimate of drug-likeness (QED) is 0.163. The third-order valence-corrected chi connectivity index (χ3v) is 4.73. The number of hydrogen-bond acceptors (Lipinski definition) is 8. The maximum atomic E-state index is 12.8. The van der Waals surface area contributed by atoms with Gasteiger partial charge in [0, 0.05) is 18.3 Å². The highest BCUT2D eigenvalue weighted by molar-refractivity contribution is 5.94. The Bertz CT molecular complexity index is 781. The highest BCUT2D eigenvalue weighted by Crippen LogP contribution is 2.06. The van der Waals surface area contributed by atoms with Crippen LogP contribution in [0.4, 0.5) is 0 Å². The number of aromatic nitrogens is 2. The number of amides is 3. The highest BCUT2D eigenvalue weighted by Gasteiger charge is 2.33. The standard InChI is InChI=1S/C19H32N6O7/c1-8(2)14(19(31)32)24-16(28)12(5-11-6-21-7-22-11)23-18(30)15(10(4)27)25-17(29)13(20)9(3)26/h6-10,12-15,26-27H,5,20H2,1-4H3,(H,21,22)(H,23,30)(H,24,28)(H,25,29)(H,31,32). The van der Waals surface area contributed by atoms with Crippen molar-refractivity contribution in [2.75, 3.05) is 0 Å². The molecule has 0 radical (unpaired) electrons. The number of imidazole rings is 1. The van der Waals surface area contributed by atoms with Crippen LogP contribution in [0.5, 0.6) is 0 Å². The molecule has 0 aliphatic heterocycles. The van der Waals surface area contributed by atoms with Gasteiger partial charge in [0.1, 0.15) is 24.2 Å². The minimum absolute atomic E-state index is 0.0598. The maximum Gasteiger partial charge on any atom is 0.326 e. The molecule has 0 aromatic carbocycles. The minimum Gasteiger partial charge on any atom is -0.480 e. The van der Waals surface area contributed by atoms with Crippen molar-refractivity contribution in [3.63, 3.8) is 0 Å². The van der Waals surface area contributed by atoms with Gasteiger partial charge in [0.15, 0.2) is 0 Å². The molecule has 0 fully saturated rings. The lowest BCUT2D eigenvalue weighted by Crippen LogP contribution is -2.61. The van der Waals surface area contributed by atoms with E-state index in [-0.39, 0.29) is 6.42 Å². The zero-order valence-corrected chi connectivity index (χ0v) is 18.4. The monoisotopic (exact) mass is 456 g/mol. The van der Waals surface area contributed by atoms with Crippen molar-refractivity contribution < 1.29 is 34.5 Å². The van der Waals surface area contributed by atoms with Gasteiger partial charge < -0.3 is 42.0 Å². The molecular formula is C19H32N6O7. The van der Waals surface area contributed by atoms with Gasteiger partial charge in [-0.1, -0.05) is 13.8 Å². The van der Waals surface area contributed by atoms with Crippen molar-refractivity contribution in [3.05, 3.63) is 18.2 Å². The predicted octanol–water partition coefficient (Wildman–Crippen LogP) is -2.76. The van der Waals surface area contributed by atoms with Crippen molar-refractivity contribution in [1.82, 2.24) is 25.9 Å². The Hall–Kier alpha value is -3.03. The van der Waals surface area contributed by atoms with E-state index >= 15 is 0 Å². The molecule has 0 spiro atoms. The average molecular weight is 457 g/mol. The number of hydrogen-bond donors (Lipinski definition) is 8. The summed E-state index contributed by atoms with van der Waals surface area (Å²) in [4.78, 5) is 55.8. The van der Waals surface area contributed by atoms with Crippen LogP contribution in [0.1, 0.15) is 33.4 Å². The van der Waals surface area contributed by atoms with E-state index in [9.17, 15) is 34.5 Å². The number of carboxylic acid groups (broad SMARTS) is 1. The van der Waals surface area contributed by atoms with E-state index < -0.39 is 66.0 Å². The van der Waals surface area contributed by atoms with E-state index in [0.29, 0.717) is 5.69 Å². The number of aliphatic carboxylic acids is 1. The molecule has 1 heterocycles. The maximum absolute atomic E-state index is 12.8. The SMILES string of the molecule is CC(C)C(NC(=O)C(Cc1cnc[nH]1)NC(=O)C(NC(=O)C(N)C(C)O)C(C)O)C(=O)O. The number of aromatic amines is 1. The van der Waals surface area contributed by atoms with Crippen LogP contribution in [0.15, 0.2) is 12.5 Å². The second-order valence-electron chi connectivity index (χ2n) is 7.90. The molecule has 9 N–H and O–H groups in total. The van der Waals surface area contributed by atoms with Gasteiger partial charge in [-0.2, -0.15) is 0 Å². The molecule has 180 valence electrons. The lowest BCUT2D eigenvalue weighted by atomic mass is 10.0. The molecule has 13 nitrogen and oxygen atoms in total. The van der Waals surface area contributed by atoms with Crippen LogP contribution in [0.2, 0.25) is 0 Å². The fraction of sp³-hybridized carbons (Fsp3) is 0.632. The van der Waals surface area contributed by atoms with Crippen LogP contribution in [-0.4, -0.2) is 85.4 Å². The first-order chi connectivity index (χ1) is 14.8. The van der Waals surface area contributed by atoms with Crippen LogP contribution in [0, 0.1) is 5.92 Å². The number of nitrogens with zero attached hydrogens (tertiary/aromatic N) is 1. The molecule has 0 bridgehead atoms. The van der Waals surface area contributed by atoms with Gasteiger partial charge in [-0.3, -0.25) is 14.4 Å². The predicted molar refractivity (Wildman–Crippen MR) is 112 cm³/mol. The summed E-state index contributed by atoms with van der Waals surface area (Å²) < 4.78 is 0. The molecule has 3 amide bonds. The Balaban J connectivity index is 3.05. The van der Waals surface area contributed by atoms with Gasteiger partial charge in [0.05, 0.1) is 18.5 Å². The van der Waals surface area contributed by atoms with Gasteiger partial charge in [0.2, 0.25) is 17.7 Å². The molecular weight excluding hydrogens is 424 g/mol. The average Bonchev–Trinajstić information content (AvgIpc) is 3.20. The van der Waals surface area contributed by atoms with E-state index in [2.05, 4.69) is 25.9 Å². The summed E-state index contributed by atoms with van der Waals surface area (Å²) in [6.45, 7) is 5.78. The number of nitrogens with one attached hydrogen (secondary N) is 4. The first kappa shape index (κ1) is 27.0. The van der Waals surface area contributed by atoms with Gasteiger partial charge in [-0.15, -0.1) is 0 Å². The van der Waals surface area contributed by atoms with Crippen LogP contribution in [0.3, 0.4) is 0 Å². The van der Waals surface area contributed by atoms with E-state index in [1.807, 2.05) is 0 Å². The number of rotatable bonds is 12. The number of aliphatic hydroxyl groups is 2. The minimum atomic E-state index is -1.48. The van der Waals surface area contributed by atoms with Gasteiger partial charge >= 0.3 is 5.97 Å². The van der Waals surface area contributed by atoms with Gasteiger partial charge in [0.25, 0.3) is 0 Å². The first-order valence-corrected chi connectivity index (χ1v) is 10.1. The van der Waals surface area contributed by atoms with E-state index in [1.165, 1.54) is 26.4 Å². The molecule has 0 aliphatic rings. The van der Waals surface area contributed by atoms with Crippen molar-refractivity contribution >= 4 is 23.7 Å². The number of carbonyl (C=O) groups excluding carboxylic acids is 3. The lowest BCUT2D eigenvalue weighted by molar-refractivity contribution is -0.143. The summed E-state index contributed by atoms with van der Waals surface area (Å²) in [6.07, 6.45) is 0.180. The number of nitrogens with two attached hydrogens (primary N) is 1. The van der Waals surface area contributed by atoms with Crippen molar-refractivity contribution in [3.8, 4) is 0 Å². The summed E-state index contributed by atoms with van der Waals surface area (Å²) in [5.74, 6) is -4.21. The normalized spacial score (nSPS) is 16.9. The Morgan fingerprint density at radius 3 is 2.00 bits per heavy atom. The molecule has 6 atom stereocenters. The summed E-state index contributed by atoms with van der Waals surface area (Å²) >= 11 is 0. The molecule has 0 aliphatic carbocycles. The molecule has 13 heteroatoms. The van der Waals surface area contributed by atoms with E-state index in [0.717, 1.165) is 0 Å². The van der Waals surface area contributed by atoms with E-state index in [4.69, 9.17) is 5.73 Å². The third-order valence-electron chi connectivity index (χ3n) is 4.73. The van der Waals surface area contributed by atoms with Crippen LogP contribution < -0.4 is 21.7 Å². The Morgan fingerprint density at radius 1 is 0.969 bits per heavy atom. The van der Waals surface area contributed by atoms with Crippen LogP contribution >= 0.6 is 0 Å². The largest absolute Gasteiger partial charge is 0.480 e. The summed E-state index contributed by atoms with van der Waals surface area (Å²) in [5, 5.41) is 35.8. The molecule has 0 saturated heterocycles. The Kier molecular flexibility index (Phi) is 10.2. The molecule has 32 heavy (non-hydrogen) atoms. The van der Waals surface area contributed by atoms with E-state index in [1.54, 1.807) is 13.8 Å². The van der Waals surface area contributed by atoms with Crippen LogP contribution in [0.25, 0.3) is 0 Å². The first-order valence-electron chi connectivity index (χ1n) is 10.1. The molecule has 1 aromatic rings. The molecule has 1 rings (SSSR count). The van der Waals surface area contributed by atoms with Crippen molar-refractivity contribution in [2.45, 2.75) is 70.5 Å². The Morgan fingerprint density at radius 2 is 1.56 bits per heavy atom. The molecule has 0 saturated carbocycles. The number of aliphatic hydroxyl groups excluding tert-OH is 2. The number of carboxylic acids is 1. The highest BCUT2D eigenvalue weighted by atomic mass is 16.4. The number of H-pyrrole nitrogens is 1. The summed E-state index contributed by atoms with van der Waals surface area (Å²) in [6, 6.07) is -5.26. The fourth-order valence-electron chi connectivity index (χ4n) is 2.73. The van der Waals surface area contributed by atoms with Crippen molar-refractivity contribution in [2.24, 2.45) is 11.7 Å². The Labute approximate surface area is 185 Å². The zero-order valence-electron chi connectivity index (χ0n) is 18.4. The molecule has 1 aromatic heterocycles. The van der Waals surface area contributed by atoms with Gasteiger partial charge in [-0.05, 0) is 19.8 Å². The molecule has 6 unspecified atom stereocenters. The zero-order chi connectivity index (χ0) is 24.6. The fourth-order valence-corrected chi connectivity index (χ4v) is 2.73. The topological polar surface area (TPSA) is 220 Å². The number of carbonyl (C=O) groups is 4. The van der Waals surface area contributed by atoms with Gasteiger partial charge in [-0.25, -0.2) is 9.78 Å². The second-order valence-corrected chi connectivity index (χ2v) is 7.90. The third kappa shape index (κ3) is 7.90. The van der Waals surface area contributed by atoms with Crippen LogP contribution in [-0.2, 0) is 25.6 Å². The lowest BCUT2D eigenvalue weighted by Gasteiger charge is -2.27. The second kappa shape index (κ2) is 12.1. The summed E-state index contributed by atoms with van der Waals surface area (Å²) in [7, 11) is 0.